The van der Waals surface area contributed by atoms with Gasteiger partial charge < -0.3 is 4.74 Å². The van der Waals surface area contributed by atoms with Crippen LogP contribution in [0.1, 0.15) is 15.9 Å². The Morgan fingerprint density at radius 1 is 1.09 bits per heavy atom. The van der Waals surface area contributed by atoms with E-state index in [1.54, 1.807) is 18.2 Å². The maximum absolute atomic E-state index is 12.0. The predicted molar refractivity (Wildman–Crippen MR) is 81.6 cm³/mol. The summed E-state index contributed by atoms with van der Waals surface area (Å²) in [5.74, 6) is -0.137. The summed E-state index contributed by atoms with van der Waals surface area (Å²) in [7, 11) is 0. The minimum absolute atomic E-state index is 0.364. The molecular formula is C16H13ClN2O3. The molecule has 0 aliphatic carbocycles. The van der Waals surface area contributed by atoms with E-state index in [0.29, 0.717) is 22.8 Å². The van der Waals surface area contributed by atoms with Crippen molar-refractivity contribution >= 4 is 23.4 Å². The fourth-order valence-corrected chi connectivity index (χ4v) is 2.42. The Kier molecular flexibility index (Phi) is 3.98. The molecule has 2 N–H and O–H groups in total. The number of rotatable bonds is 2. The van der Waals surface area contributed by atoms with Crippen LogP contribution in [-0.4, -0.2) is 17.9 Å². The van der Waals surface area contributed by atoms with Crippen LogP contribution < -0.4 is 15.6 Å². The molecule has 0 fully saturated rings. The van der Waals surface area contributed by atoms with Crippen LogP contribution in [0.2, 0.25) is 5.02 Å². The first kappa shape index (κ1) is 14.4. The molecule has 5 nitrogen and oxygen atoms in total. The van der Waals surface area contributed by atoms with Crippen LogP contribution in [0.25, 0.3) is 0 Å². The molecule has 3 rings (SSSR count). The van der Waals surface area contributed by atoms with E-state index < -0.39 is 17.9 Å². The highest BCUT2D eigenvalue weighted by molar-refractivity contribution is 6.30. The molecule has 2 amide bonds. The first-order valence-corrected chi connectivity index (χ1v) is 7.11. The normalized spacial score (nSPS) is 15.6. The van der Waals surface area contributed by atoms with Crippen molar-refractivity contribution in [1.82, 2.24) is 10.9 Å². The molecule has 6 heteroatoms. The molecule has 0 radical (unpaired) electrons. The molecule has 2 aromatic rings. The van der Waals surface area contributed by atoms with E-state index in [4.69, 9.17) is 16.3 Å². The maximum Gasteiger partial charge on any atom is 0.279 e. The summed E-state index contributed by atoms with van der Waals surface area (Å²) in [6.45, 7) is 0. The van der Waals surface area contributed by atoms with E-state index in [1.165, 1.54) is 6.07 Å². The Labute approximate surface area is 132 Å². The minimum Gasteiger partial charge on any atom is -0.480 e. The van der Waals surface area contributed by atoms with Crippen molar-refractivity contribution in [1.29, 1.82) is 0 Å². The molecule has 0 spiro atoms. The van der Waals surface area contributed by atoms with E-state index >= 15 is 0 Å². The highest BCUT2D eigenvalue weighted by Crippen LogP contribution is 2.27. The summed E-state index contributed by atoms with van der Waals surface area (Å²) in [5.41, 5.74) is 6.06. The third-order valence-corrected chi connectivity index (χ3v) is 3.56. The number of nitrogens with one attached hydrogen (secondary N) is 2. The summed E-state index contributed by atoms with van der Waals surface area (Å²) in [6, 6.07) is 13.9. The zero-order valence-corrected chi connectivity index (χ0v) is 12.3. The van der Waals surface area contributed by atoms with Gasteiger partial charge >= 0.3 is 0 Å². The lowest BCUT2D eigenvalue weighted by molar-refractivity contribution is -0.128. The zero-order chi connectivity index (χ0) is 15.5. The number of amides is 2. The molecule has 0 saturated carbocycles. The Bertz CT molecular complexity index is 708. The quantitative estimate of drug-likeness (QED) is 0.834. The number of hydrogen-bond acceptors (Lipinski definition) is 3. The van der Waals surface area contributed by atoms with Crippen LogP contribution in [0.5, 0.6) is 5.75 Å². The molecule has 1 aliphatic rings. The fraction of sp³-hybridized carbons (Fsp3) is 0.125. The van der Waals surface area contributed by atoms with Crippen molar-refractivity contribution < 1.29 is 14.3 Å². The second kappa shape index (κ2) is 6.07. The molecule has 0 aromatic heterocycles. The number of fused-ring (bicyclic) bond motifs is 1. The summed E-state index contributed by atoms with van der Waals surface area (Å²) in [4.78, 5) is 23.9. The number of hydrogen-bond donors (Lipinski definition) is 2. The largest absolute Gasteiger partial charge is 0.480 e. The van der Waals surface area contributed by atoms with Crippen LogP contribution in [0, 0.1) is 0 Å². The standard InChI is InChI=1S/C16H13ClN2O3/c17-12-6-3-5-11(8-12)15(20)18-19-16(21)14-9-10-4-1-2-7-13(10)22-14/h1-8,14H,9H2,(H,18,20)(H,19,21)/t14-/m1/s1. The second-order valence-corrected chi connectivity index (χ2v) is 5.31. The fourth-order valence-electron chi connectivity index (χ4n) is 2.23. The topological polar surface area (TPSA) is 67.4 Å². The number of carbonyl (C=O) groups is 2. The van der Waals surface area contributed by atoms with E-state index in [-0.39, 0.29) is 0 Å². The molecular weight excluding hydrogens is 304 g/mol. The third kappa shape index (κ3) is 3.04. The molecule has 1 aliphatic heterocycles. The van der Waals surface area contributed by atoms with Gasteiger partial charge in [-0.1, -0.05) is 35.9 Å². The van der Waals surface area contributed by atoms with Crippen LogP contribution in [-0.2, 0) is 11.2 Å². The Morgan fingerprint density at radius 3 is 2.68 bits per heavy atom. The molecule has 22 heavy (non-hydrogen) atoms. The van der Waals surface area contributed by atoms with Crippen molar-refractivity contribution in [3.05, 3.63) is 64.7 Å². The SMILES string of the molecule is O=C(NNC(=O)[C@H]1Cc2ccccc2O1)c1cccc(Cl)c1. The molecule has 0 unspecified atom stereocenters. The van der Waals surface area contributed by atoms with Gasteiger partial charge in [0.2, 0.25) is 0 Å². The first-order valence-electron chi connectivity index (χ1n) is 6.74. The highest BCUT2D eigenvalue weighted by atomic mass is 35.5. The van der Waals surface area contributed by atoms with Gasteiger partial charge in [-0.2, -0.15) is 0 Å². The summed E-state index contributed by atoms with van der Waals surface area (Å²) < 4.78 is 5.54. The van der Waals surface area contributed by atoms with Gasteiger partial charge in [-0.05, 0) is 29.8 Å². The van der Waals surface area contributed by atoms with Gasteiger partial charge in [-0.25, -0.2) is 0 Å². The number of halogens is 1. The summed E-state index contributed by atoms with van der Waals surface area (Å²) in [6.07, 6.45) is -0.160. The van der Waals surface area contributed by atoms with Crippen LogP contribution in [0.3, 0.4) is 0 Å². The molecule has 0 bridgehead atoms. The summed E-state index contributed by atoms with van der Waals surface area (Å²) in [5, 5.41) is 0.452. The van der Waals surface area contributed by atoms with Gasteiger partial charge in [0.1, 0.15) is 5.75 Å². The lowest BCUT2D eigenvalue weighted by Gasteiger charge is -2.12. The average molecular weight is 317 g/mol. The smallest absolute Gasteiger partial charge is 0.279 e. The maximum atomic E-state index is 12.0. The number of ether oxygens (including phenoxy) is 1. The van der Waals surface area contributed by atoms with Crippen LogP contribution >= 0.6 is 11.6 Å². The first-order chi connectivity index (χ1) is 10.6. The summed E-state index contributed by atoms with van der Waals surface area (Å²) >= 11 is 5.82. The third-order valence-electron chi connectivity index (χ3n) is 3.33. The van der Waals surface area contributed by atoms with Gasteiger partial charge in [0.15, 0.2) is 6.10 Å². The number of para-hydroxylation sites is 1. The highest BCUT2D eigenvalue weighted by Gasteiger charge is 2.28. The molecule has 1 atom stereocenters. The molecule has 112 valence electrons. The van der Waals surface area contributed by atoms with Gasteiger partial charge in [-0.3, -0.25) is 20.4 Å². The van der Waals surface area contributed by atoms with E-state index in [2.05, 4.69) is 10.9 Å². The number of benzene rings is 2. The molecule has 0 saturated heterocycles. The monoisotopic (exact) mass is 316 g/mol. The van der Waals surface area contributed by atoms with Gasteiger partial charge in [0, 0.05) is 17.0 Å². The minimum atomic E-state index is -0.642. The average Bonchev–Trinajstić information content (AvgIpc) is 2.96. The van der Waals surface area contributed by atoms with E-state index in [1.807, 2.05) is 24.3 Å². The Hall–Kier alpha value is -2.53. The number of carbonyl (C=O) groups excluding carboxylic acids is 2. The van der Waals surface area contributed by atoms with Gasteiger partial charge in [-0.15, -0.1) is 0 Å². The molecule has 1 heterocycles. The van der Waals surface area contributed by atoms with E-state index in [0.717, 1.165) is 5.56 Å². The van der Waals surface area contributed by atoms with Crippen molar-refractivity contribution in [3.63, 3.8) is 0 Å². The lowest BCUT2D eigenvalue weighted by atomic mass is 10.1. The predicted octanol–water partition coefficient (Wildman–Crippen LogP) is 2.10. The van der Waals surface area contributed by atoms with Crippen molar-refractivity contribution in [2.75, 3.05) is 0 Å². The zero-order valence-electron chi connectivity index (χ0n) is 11.5. The Balaban J connectivity index is 1.56. The van der Waals surface area contributed by atoms with Gasteiger partial charge in [0.05, 0.1) is 0 Å². The van der Waals surface area contributed by atoms with Crippen molar-refractivity contribution in [3.8, 4) is 5.75 Å². The van der Waals surface area contributed by atoms with Crippen molar-refractivity contribution in [2.45, 2.75) is 12.5 Å². The molecule has 2 aromatic carbocycles. The second-order valence-electron chi connectivity index (χ2n) is 4.87. The Morgan fingerprint density at radius 2 is 1.91 bits per heavy atom. The van der Waals surface area contributed by atoms with Gasteiger partial charge in [0.25, 0.3) is 11.8 Å². The van der Waals surface area contributed by atoms with E-state index in [9.17, 15) is 9.59 Å². The van der Waals surface area contributed by atoms with Crippen LogP contribution in [0.15, 0.2) is 48.5 Å². The number of hydrazine groups is 1. The van der Waals surface area contributed by atoms with Crippen molar-refractivity contribution in [2.24, 2.45) is 0 Å². The lowest BCUT2D eigenvalue weighted by Crippen LogP contribution is -2.47. The van der Waals surface area contributed by atoms with Crippen LogP contribution in [0.4, 0.5) is 0 Å².